The normalized spacial score (nSPS) is 18.8. The predicted octanol–water partition coefficient (Wildman–Crippen LogP) is 2.97. The van der Waals surface area contributed by atoms with E-state index < -0.39 is 20.5 Å². The van der Waals surface area contributed by atoms with Gasteiger partial charge in [0.05, 0.1) is 12.2 Å². The van der Waals surface area contributed by atoms with Crippen molar-refractivity contribution < 1.29 is 17.5 Å². The lowest BCUT2D eigenvalue weighted by molar-refractivity contribution is -0.0502. The fraction of sp³-hybridized carbons (Fsp3) is 0.429. The van der Waals surface area contributed by atoms with Crippen LogP contribution in [0.3, 0.4) is 0 Å². The fourth-order valence-corrected chi connectivity index (χ4v) is 6.32. The number of nitrogen functional groups attached to an aromatic ring is 1. The molecular weight excluding hydrogens is 421 g/mol. The molecule has 0 bridgehead atoms. The molecule has 1 aromatic carbocycles. The van der Waals surface area contributed by atoms with Crippen LogP contribution in [0.15, 0.2) is 34.1 Å². The van der Waals surface area contributed by atoms with Crippen LogP contribution < -0.4 is 10.6 Å². The number of halogens is 1. The lowest BCUT2D eigenvalue weighted by Crippen LogP contribution is -2.50. The van der Waals surface area contributed by atoms with Gasteiger partial charge in [-0.2, -0.15) is 0 Å². The highest BCUT2D eigenvalue weighted by molar-refractivity contribution is 7.92. The molecule has 0 unspecified atom stereocenters. The quantitative estimate of drug-likeness (QED) is 0.637. The number of aromatic amines is 1. The average molecular weight is 446 g/mol. The number of fused-ring (bicyclic) bond motifs is 1. The van der Waals surface area contributed by atoms with E-state index in [1.165, 1.54) is 18.2 Å². The standard InChI is InChI=1S/C21H24FN5O3S/c1-13-24-16-17(20(25-13)27-10-11-30-21(12-27)8-4-5-9-21)26-19(23)18(16)31(28,29)15-7-3-2-6-14(15)22/h2-3,6-7,26H,4-5,8-12,23H2,1H3. The highest BCUT2D eigenvalue weighted by Gasteiger charge is 2.40. The van der Waals surface area contributed by atoms with Crippen LogP contribution in [0.1, 0.15) is 31.5 Å². The molecule has 1 spiro atoms. The predicted molar refractivity (Wildman–Crippen MR) is 114 cm³/mol. The maximum Gasteiger partial charge on any atom is 0.215 e. The van der Waals surface area contributed by atoms with Crippen molar-refractivity contribution in [3.8, 4) is 0 Å². The van der Waals surface area contributed by atoms with Crippen molar-refractivity contribution in [3.05, 3.63) is 35.9 Å². The van der Waals surface area contributed by atoms with Crippen molar-refractivity contribution in [2.45, 2.75) is 48.0 Å². The van der Waals surface area contributed by atoms with Crippen molar-refractivity contribution in [1.82, 2.24) is 15.0 Å². The fourth-order valence-electron chi connectivity index (χ4n) is 4.78. The zero-order valence-electron chi connectivity index (χ0n) is 17.2. The summed E-state index contributed by atoms with van der Waals surface area (Å²) in [7, 11) is -4.23. The van der Waals surface area contributed by atoms with Crippen LogP contribution in [0.2, 0.25) is 0 Å². The Morgan fingerprint density at radius 3 is 2.71 bits per heavy atom. The summed E-state index contributed by atoms with van der Waals surface area (Å²) in [6.07, 6.45) is 4.26. The number of H-pyrrole nitrogens is 1. The Balaban J connectivity index is 1.66. The first-order valence-electron chi connectivity index (χ1n) is 10.4. The number of nitrogens with one attached hydrogen (secondary N) is 1. The number of sulfone groups is 1. The van der Waals surface area contributed by atoms with E-state index in [0.29, 0.717) is 36.9 Å². The van der Waals surface area contributed by atoms with E-state index in [4.69, 9.17) is 10.5 Å². The van der Waals surface area contributed by atoms with Crippen LogP contribution in [-0.2, 0) is 14.6 Å². The molecule has 8 nitrogen and oxygen atoms in total. The van der Waals surface area contributed by atoms with Crippen LogP contribution >= 0.6 is 0 Å². The van der Waals surface area contributed by atoms with Gasteiger partial charge < -0.3 is 20.4 Å². The first-order chi connectivity index (χ1) is 14.8. The molecule has 3 aromatic rings. The minimum Gasteiger partial charge on any atom is -0.384 e. The third-order valence-corrected chi connectivity index (χ3v) is 8.04. The monoisotopic (exact) mass is 445 g/mol. The largest absolute Gasteiger partial charge is 0.384 e. The zero-order valence-corrected chi connectivity index (χ0v) is 18.0. The summed E-state index contributed by atoms with van der Waals surface area (Å²) in [5.74, 6) is 0.0963. The van der Waals surface area contributed by atoms with E-state index in [9.17, 15) is 12.8 Å². The maximum absolute atomic E-state index is 14.3. The molecule has 0 amide bonds. The van der Waals surface area contributed by atoms with E-state index in [-0.39, 0.29) is 21.8 Å². The average Bonchev–Trinajstić information content (AvgIpc) is 3.31. The summed E-state index contributed by atoms with van der Waals surface area (Å²) in [5.41, 5.74) is 6.55. The molecule has 1 aliphatic heterocycles. The van der Waals surface area contributed by atoms with Gasteiger partial charge in [0.1, 0.15) is 38.3 Å². The van der Waals surface area contributed by atoms with Gasteiger partial charge in [-0.05, 0) is 31.9 Å². The molecule has 5 rings (SSSR count). The number of anilines is 2. The zero-order chi connectivity index (χ0) is 21.8. The third kappa shape index (κ3) is 3.25. The molecule has 3 N–H and O–H groups in total. The molecule has 10 heteroatoms. The number of aromatic nitrogens is 3. The van der Waals surface area contributed by atoms with Gasteiger partial charge in [-0.3, -0.25) is 0 Å². The third-order valence-electron chi connectivity index (χ3n) is 6.18. The van der Waals surface area contributed by atoms with Crippen molar-refractivity contribution in [2.75, 3.05) is 30.3 Å². The van der Waals surface area contributed by atoms with Crippen LogP contribution in [0.4, 0.5) is 16.0 Å². The Morgan fingerprint density at radius 2 is 1.97 bits per heavy atom. The van der Waals surface area contributed by atoms with Gasteiger partial charge >= 0.3 is 0 Å². The molecule has 31 heavy (non-hydrogen) atoms. The smallest absolute Gasteiger partial charge is 0.215 e. The number of nitrogens with two attached hydrogens (primary N) is 1. The summed E-state index contributed by atoms with van der Waals surface area (Å²) in [6, 6.07) is 5.25. The van der Waals surface area contributed by atoms with Crippen molar-refractivity contribution in [2.24, 2.45) is 0 Å². The minimum atomic E-state index is -4.23. The number of hydrogen-bond donors (Lipinski definition) is 2. The second-order valence-corrected chi connectivity index (χ2v) is 10.1. The molecule has 1 aliphatic carbocycles. The van der Waals surface area contributed by atoms with Gasteiger partial charge in [-0.1, -0.05) is 25.0 Å². The summed E-state index contributed by atoms with van der Waals surface area (Å²) >= 11 is 0. The van der Waals surface area contributed by atoms with E-state index in [1.807, 2.05) is 0 Å². The molecule has 164 valence electrons. The van der Waals surface area contributed by atoms with Crippen molar-refractivity contribution in [3.63, 3.8) is 0 Å². The van der Waals surface area contributed by atoms with Crippen molar-refractivity contribution >= 4 is 32.5 Å². The van der Waals surface area contributed by atoms with Gasteiger partial charge in [-0.25, -0.2) is 22.8 Å². The molecular formula is C21H24FN5O3S. The van der Waals surface area contributed by atoms with E-state index >= 15 is 0 Å². The van der Waals surface area contributed by atoms with E-state index in [1.54, 1.807) is 6.92 Å². The summed E-state index contributed by atoms with van der Waals surface area (Å²) < 4.78 is 47.1. The Labute approximate surface area is 179 Å². The first kappa shape index (κ1) is 20.2. The Morgan fingerprint density at radius 1 is 1.23 bits per heavy atom. The summed E-state index contributed by atoms with van der Waals surface area (Å²) in [5, 5.41) is 0. The molecule has 3 heterocycles. The molecule has 1 saturated carbocycles. The topological polar surface area (TPSA) is 114 Å². The first-order valence-corrected chi connectivity index (χ1v) is 11.8. The van der Waals surface area contributed by atoms with Crippen LogP contribution in [0, 0.1) is 12.7 Å². The molecule has 2 aliphatic rings. The molecule has 0 atom stereocenters. The van der Waals surface area contributed by atoms with Crippen molar-refractivity contribution in [1.29, 1.82) is 0 Å². The number of benzene rings is 1. The molecule has 2 fully saturated rings. The van der Waals surface area contributed by atoms with Gasteiger partial charge in [0.25, 0.3) is 0 Å². The van der Waals surface area contributed by atoms with Crippen LogP contribution in [0.5, 0.6) is 0 Å². The lowest BCUT2D eigenvalue weighted by atomic mass is 10.00. The van der Waals surface area contributed by atoms with E-state index in [0.717, 1.165) is 31.7 Å². The van der Waals surface area contributed by atoms with Crippen LogP contribution in [0.25, 0.3) is 11.0 Å². The number of hydrogen-bond acceptors (Lipinski definition) is 7. The number of aryl methyl sites for hydroxylation is 1. The van der Waals surface area contributed by atoms with Gasteiger partial charge in [0.2, 0.25) is 9.84 Å². The Hall–Kier alpha value is -2.72. The van der Waals surface area contributed by atoms with Gasteiger partial charge in [0, 0.05) is 13.1 Å². The molecule has 2 aromatic heterocycles. The summed E-state index contributed by atoms with van der Waals surface area (Å²) in [4.78, 5) is 13.4. The second kappa shape index (κ2) is 7.16. The number of rotatable bonds is 3. The van der Waals surface area contributed by atoms with E-state index in [2.05, 4.69) is 19.9 Å². The number of ether oxygens (including phenoxy) is 1. The number of nitrogens with zero attached hydrogens (tertiary/aromatic N) is 3. The highest BCUT2D eigenvalue weighted by atomic mass is 32.2. The SMILES string of the molecule is Cc1nc(N2CCOC3(CCCC3)C2)c2[nH]c(N)c(S(=O)(=O)c3ccccc3F)c2n1. The maximum atomic E-state index is 14.3. The Bertz CT molecular complexity index is 1270. The second-order valence-electron chi connectivity index (χ2n) is 8.28. The van der Waals surface area contributed by atoms with Crippen LogP contribution in [-0.4, -0.2) is 48.7 Å². The summed E-state index contributed by atoms with van der Waals surface area (Å²) in [6.45, 7) is 3.58. The lowest BCUT2D eigenvalue weighted by Gasteiger charge is -2.41. The molecule has 0 radical (unpaired) electrons. The minimum absolute atomic E-state index is 0.0803. The van der Waals surface area contributed by atoms with Gasteiger partial charge in [0.15, 0.2) is 5.82 Å². The number of morpholine rings is 1. The highest BCUT2D eigenvalue weighted by Crippen LogP contribution is 2.40. The molecule has 1 saturated heterocycles. The Kier molecular flexibility index (Phi) is 4.67. The van der Waals surface area contributed by atoms with Gasteiger partial charge in [-0.15, -0.1) is 0 Å².